The van der Waals surface area contributed by atoms with Gasteiger partial charge in [-0.3, -0.25) is 14.3 Å². The molecule has 1 saturated heterocycles. The molecule has 0 spiro atoms. The summed E-state index contributed by atoms with van der Waals surface area (Å²) >= 11 is 0. The Balaban J connectivity index is 2.31. The van der Waals surface area contributed by atoms with Crippen LogP contribution < -0.4 is 0 Å². The number of halogens is 3. The van der Waals surface area contributed by atoms with Gasteiger partial charge >= 0.3 is 18.1 Å². The fourth-order valence-electron chi connectivity index (χ4n) is 2.59. The van der Waals surface area contributed by atoms with Crippen LogP contribution in [0, 0.1) is 12.8 Å². The number of carbonyl (C=O) groups is 2. The molecule has 21 heavy (non-hydrogen) atoms. The molecule has 0 bridgehead atoms. The van der Waals surface area contributed by atoms with Crippen molar-refractivity contribution in [3.8, 4) is 0 Å². The summed E-state index contributed by atoms with van der Waals surface area (Å²) in [5, 5.41) is 13.2. The number of rotatable bonds is 2. The Morgan fingerprint density at radius 1 is 1.38 bits per heavy atom. The zero-order valence-corrected chi connectivity index (χ0v) is 11.4. The van der Waals surface area contributed by atoms with Crippen molar-refractivity contribution < 1.29 is 27.9 Å². The van der Waals surface area contributed by atoms with Crippen molar-refractivity contribution in [1.82, 2.24) is 14.7 Å². The summed E-state index contributed by atoms with van der Waals surface area (Å²) in [6.45, 7) is 0.976. The summed E-state index contributed by atoms with van der Waals surface area (Å²) in [5.41, 5.74) is 1.23. The number of likely N-dealkylation sites (tertiary alicyclic amines) is 1. The van der Waals surface area contributed by atoms with Gasteiger partial charge < -0.3 is 10.0 Å². The van der Waals surface area contributed by atoms with E-state index in [1.165, 1.54) is 10.9 Å². The van der Waals surface area contributed by atoms with Crippen LogP contribution in [-0.4, -0.2) is 50.9 Å². The molecule has 0 aliphatic carbocycles. The quantitative estimate of drug-likeness (QED) is 0.881. The molecule has 0 saturated carbocycles. The molecule has 0 unspecified atom stereocenters. The van der Waals surface area contributed by atoms with Gasteiger partial charge in [-0.2, -0.15) is 18.3 Å². The third kappa shape index (κ3) is 2.72. The molecule has 116 valence electrons. The second kappa shape index (κ2) is 5.05. The van der Waals surface area contributed by atoms with E-state index >= 15 is 0 Å². The second-order valence-corrected chi connectivity index (χ2v) is 5.07. The summed E-state index contributed by atoms with van der Waals surface area (Å²) in [5.74, 6) is -4.99. The van der Waals surface area contributed by atoms with E-state index in [1.54, 1.807) is 14.0 Å². The Bertz CT molecular complexity index is 582. The number of carbonyl (C=O) groups excluding carboxylic acids is 1. The Kier molecular flexibility index (Phi) is 3.68. The van der Waals surface area contributed by atoms with E-state index in [0.717, 1.165) is 0 Å². The largest absolute Gasteiger partial charge is 0.481 e. The molecule has 2 atom stereocenters. The molecular weight excluding hydrogens is 291 g/mol. The predicted octanol–water partition coefficient (Wildman–Crippen LogP) is 0.917. The monoisotopic (exact) mass is 305 g/mol. The molecule has 2 rings (SSSR count). The zero-order chi connectivity index (χ0) is 15.9. The number of aromatic nitrogens is 2. The van der Waals surface area contributed by atoms with Crippen LogP contribution in [-0.2, 0) is 16.6 Å². The number of carboxylic acids is 1. The number of aliphatic carboxylic acids is 1. The maximum absolute atomic E-state index is 12.5. The number of hydrogen-bond donors (Lipinski definition) is 1. The summed E-state index contributed by atoms with van der Waals surface area (Å²) < 4.78 is 39.0. The van der Waals surface area contributed by atoms with E-state index in [9.17, 15) is 27.9 Å². The van der Waals surface area contributed by atoms with Gasteiger partial charge in [-0.1, -0.05) is 0 Å². The first-order valence-electron chi connectivity index (χ1n) is 6.20. The summed E-state index contributed by atoms with van der Waals surface area (Å²) in [7, 11) is 1.65. The fraction of sp³-hybridized carbons (Fsp3) is 0.583. The van der Waals surface area contributed by atoms with Crippen LogP contribution in [0.25, 0.3) is 0 Å². The maximum atomic E-state index is 12.5. The molecule has 1 aromatic rings. The molecule has 1 aromatic heterocycles. The van der Waals surface area contributed by atoms with Crippen molar-refractivity contribution in [2.24, 2.45) is 13.0 Å². The lowest BCUT2D eigenvalue weighted by Gasteiger charge is -2.17. The van der Waals surface area contributed by atoms with E-state index in [1.807, 2.05) is 0 Å². The second-order valence-electron chi connectivity index (χ2n) is 5.07. The van der Waals surface area contributed by atoms with Crippen molar-refractivity contribution in [3.63, 3.8) is 0 Å². The number of aryl methyl sites for hydroxylation is 1. The van der Waals surface area contributed by atoms with E-state index in [0.29, 0.717) is 16.2 Å². The summed E-state index contributed by atoms with van der Waals surface area (Å²) in [6.07, 6.45) is -3.56. The van der Waals surface area contributed by atoms with Gasteiger partial charge in [0, 0.05) is 31.7 Å². The van der Waals surface area contributed by atoms with Gasteiger partial charge in [0.2, 0.25) is 0 Å². The molecule has 9 heteroatoms. The van der Waals surface area contributed by atoms with Gasteiger partial charge in [-0.15, -0.1) is 0 Å². The molecule has 6 nitrogen and oxygen atoms in total. The number of carboxylic acid groups (broad SMARTS) is 1. The Labute approximate surface area is 118 Å². The van der Waals surface area contributed by atoms with E-state index < -0.39 is 36.4 Å². The Hall–Kier alpha value is -2.06. The van der Waals surface area contributed by atoms with Gasteiger partial charge in [0.1, 0.15) is 0 Å². The normalized spacial score (nSPS) is 22.6. The number of nitrogens with zero attached hydrogens (tertiary/aromatic N) is 3. The van der Waals surface area contributed by atoms with Gasteiger partial charge in [-0.25, -0.2) is 0 Å². The van der Waals surface area contributed by atoms with Crippen LogP contribution in [0.4, 0.5) is 13.2 Å². The third-order valence-corrected chi connectivity index (χ3v) is 3.84. The van der Waals surface area contributed by atoms with Crippen LogP contribution in [0.3, 0.4) is 0 Å². The number of alkyl halides is 3. The molecule has 1 fully saturated rings. The highest BCUT2D eigenvalue weighted by molar-refractivity contribution is 5.84. The van der Waals surface area contributed by atoms with Gasteiger partial charge in [-0.05, 0) is 12.5 Å². The van der Waals surface area contributed by atoms with Crippen molar-refractivity contribution in [2.75, 3.05) is 13.1 Å². The number of hydrogen-bond acceptors (Lipinski definition) is 3. The number of amides is 1. The predicted molar refractivity (Wildman–Crippen MR) is 64.4 cm³/mol. The lowest BCUT2D eigenvalue weighted by atomic mass is 9.89. The van der Waals surface area contributed by atoms with E-state index in [4.69, 9.17) is 0 Å². The topological polar surface area (TPSA) is 75.4 Å². The molecule has 1 aliphatic heterocycles. The zero-order valence-electron chi connectivity index (χ0n) is 11.4. The van der Waals surface area contributed by atoms with Crippen molar-refractivity contribution in [2.45, 2.75) is 19.0 Å². The smallest absolute Gasteiger partial charge is 0.471 e. The SMILES string of the molecule is Cc1c([C@@H]2CN(C(=O)C(F)(F)F)C[C@H]2C(=O)O)cnn1C. The summed E-state index contributed by atoms with van der Waals surface area (Å²) in [4.78, 5) is 23.1. The Morgan fingerprint density at radius 2 is 2.00 bits per heavy atom. The van der Waals surface area contributed by atoms with Crippen molar-refractivity contribution in [3.05, 3.63) is 17.5 Å². The summed E-state index contributed by atoms with van der Waals surface area (Å²) in [6, 6.07) is 0. The molecule has 0 radical (unpaired) electrons. The lowest BCUT2D eigenvalue weighted by Crippen LogP contribution is -2.40. The van der Waals surface area contributed by atoms with Gasteiger partial charge in [0.15, 0.2) is 0 Å². The van der Waals surface area contributed by atoms with Crippen LogP contribution in [0.2, 0.25) is 0 Å². The first kappa shape index (κ1) is 15.3. The minimum atomic E-state index is -5.00. The van der Waals surface area contributed by atoms with Gasteiger partial charge in [0.25, 0.3) is 0 Å². The van der Waals surface area contributed by atoms with Crippen LogP contribution >= 0.6 is 0 Å². The minimum Gasteiger partial charge on any atom is -0.481 e. The van der Waals surface area contributed by atoms with Crippen LogP contribution in [0.5, 0.6) is 0 Å². The van der Waals surface area contributed by atoms with Crippen molar-refractivity contribution in [1.29, 1.82) is 0 Å². The minimum absolute atomic E-state index is 0.276. The average molecular weight is 305 g/mol. The van der Waals surface area contributed by atoms with Gasteiger partial charge in [0.05, 0.1) is 12.1 Å². The Morgan fingerprint density at radius 3 is 2.43 bits per heavy atom. The first-order valence-corrected chi connectivity index (χ1v) is 6.20. The maximum Gasteiger partial charge on any atom is 0.471 e. The molecule has 2 heterocycles. The fourth-order valence-corrected chi connectivity index (χ4v) is 2.59. The highest BCUT2D eigenvalue weighted by Crippen LogP contribution is 2.36. The average Bonchev–Trinajstić information content (AvgIpc) is 2.93. The first-order chi connectivity index (χ1) is 9.62. The third-order valence-electron chi connectivity index (χ3n) is 3.84. The highest BCUT2D eigenvalue weighted by atomic mass is 19.4. The molecule has 1 N–H and O–H groups in total. The molecule has 1 amide bonds. The molecular formula is C12H14F3N3O3. The molecule has 0 aromatic carbocycles. The van der Waals surface area contributed by atoms with E-state index in [2.05, 4.69) is 5.10 Å². The van der Waals surface area contributed by atoms with Crippen LogP contribution in [0.1, 0.15) is 17.2 Å². The molecule has 1 aliphatic rings. The van der Waals surface area contributed by atoms with E-state index in [-0.39, 0.29) is 6.54 Å². The van der Waals surface area contributed by atoms with Crippen molar-refractivity contribution >= 4 is 11.9 Å². The highest BCUT2D eigenvalue weighted by Gasteiger charge is 2.49. The lowest BCUT2D eigenvalue weighted by molar-refractivity contribution is -0.184. The standard InChI is InChI=1S/C12H14F3N3O3/c1-6-7(3-16-17(6)2)8-4-18(5-9(8)10(19)20)11(21)12(13,14)15/h3,8-9H,4-5H2,1-2H3,(H,19,20)/t8-,9+/m0/s1. The van der Waals surface area contributed by atoms with Crippen LogP contribution in [0.15, 0.2) is 6.20 Å².